The van der Waals surface area contributed by atoms with E-state index in [1.54, 1.807) is 13.8 Å². The molecule has 4 nitrogen and oxygen atoms in total. The Labute approximate surface area is 185 Å². The standard InChI is InChI=1S/C10H11BrO2.C7H8O.C3H4Br2O/c1-8(11)10(12)13-7-9-5-3-2-4-6-9;8-6-7-4-2-1-3-5-7;1-2(4)3(5)6/h2-6,8H,7H2,1H3;1-5,8H,6H2;2H,1H3. The van der Waals surface area contributed by atoms with Crippen molar-refractivity contribution in [1.29, 1.82) is 0 Å². The molecule has 0 saturated carbocycles. The first-order valence-corrected chi connectivity index (χ1v) is 10.7. The minimum absolute atomic E-state index is 0.0116. The van der Waals surface area contributed by atoms with Crippen LogP contribution in [-0.4, -0.2) is 25.4 Å². The van der Waals surface area contributed by atoms with Crippen LogP contribution >= 0.6 is 47.8 Å². The summed E-state index contributed by atoms with van der Waals surface area (Å²) in [7, 11) is 0. The molecule has 0 aliphatic rings. The molecule has 0 radical (unpaired) electrons. The number of aliphatic hydroxyl groups is 1. The van der Waals surface area contributed by atoms with Crippen molar-refractivity contribution in [3.63, 3.8) is 0 Å². The number of carbonyl (C=O) groups excluding carboxylic acids is 2. The predicted molar refractivity (Wildman–Crippen MR) is 119 cm³/mol. The second kappa shape index (κ2) is 16.0. The Bertz CT molecular complexity index is 647. The van der Waals surface area contributed by atoms with Crippen molar-refractivity contribution in [3.8, 4) is 0 Å². The van der Waals surface area contributed by atoms with Crippen LogP contribution in [0.1, 0.15) is 25.0 Å². The molecule has 1 N–H and O–H groups in total. The molecule has 0 aromatic heterocycles. The number of halogens is 3. The average molecular weight is 567 g/mol. The molecule has 2 unspecified atom stereocenters. The van der Waals surface area contributed by atoms with Gasteiger partial charge in [-0.05, 0) is 40.9 Å². The zero-order valence-electron chi connectivity index (χ0n) is 15.1. The topological polar surface area (TPSA) is 63.6 Å². The number of benzene rings is 2. The van der Waals surface area contributed by atoms with Gasteiger partial charge in [0.2, 0.25) is 4.69 Å². The monoisotopic (exact) mass is 564 g/mol. The molecule has 27 heavy (non-hydrogen) atoms. The SMILES string of the molecule is CC(Br)C(=O)Br.CC(Br)C(=O)OCc1ccccc1.OCc1ccccc1. The van der Waals surface area contributed by atoms with Crippen molar-refractivity contribution < 1.29 is 19.4 Å². The summed E-state index contributed by atoms with van der Waals surface area (Å²) in [4.78, 5) is 20.8. The second-order valence-electron chi connectivity index (χ2n) is 5.27. The van der Waals surface area contributed by atoms with Gasteiger partial charge in [0.1, 0.15) is 11.4 Å². The van der Waals surface area contributed by atoms with Crippen LogP contribution in [0.4, 0.5) is 0 Å². The Kier molecular flexibility index (Phi) is 15.4. The van der Waals surface area contributed by atoms with E-state index in [1.165, 1.54) is 0 Å². The third-order valence-corrected chi connectivity index (χ3v) is 4.98. The van der Waals surface area contributed by atoms with E-state index in [2.05, 4.69) is 47.8 Å². The maximum atomic E-state index is 11.0. The zero-order valence-corrected chi connectivity index (χ0v) is 19.9. The van der Waals surface area contributed by atoms with Crippen LogP contribution in [-0.2, 0) is 27.5 Å². The maximum Gasteiger partial charge on any atom is 0.319 e. The molecule has 0 bridgehead atoms. The van der Waals surface area contributed by atoms with Crippen molar-refractivity contribution >= 4 is 58.5 Å². The molecule has 2 aromatic carbocycles. The lowest BCUT2D eigenvalue weighted by Gasteiger charge is -2.05. The first kappa shape index (κ1) is 26.0. The van der Waals surface area contributed by atoms with E-state index in [9.17, 15) is 9.59 Å². The summed E-state index contributed by atoms with van der Waals surface area (Å²) < 4.78 is 4.99. The molecule has 0 saturated heterocycles. The van der Waals surface area contributed by atoms with Gasteiger partial charge >= 0.3 is 5.97 Å². The summed E-state index contributed by atoms with van der Waals surface area (Å²) in [5, 5.41) is 8.54. The molecule has 7 heteroatoms. The van der Waals surface area contributed by atoms with E-state index in [1.807, 2.05) is 60.7 Å². The molecule has 0 aliphatic heterocycles. The van der Waals surface area contributed by atoms with Crippen LogP contribution in [0.2, 0.25) is 0 Å². The Morgan fingerprint density at radius 2 is 1.30 bits per heavy atom. The highest BCUT2D eigenvalue weighted by atomic mass is 79.9. The van der Waals surface area contributed by atoms with Gasteiger partial charge in [0.25, 0.3) is 0 Å². The minimum Gasteiger partial charge on any atom is -0.460 e. The number of aliphatic hydroxyl groups excluding tert-OH is 1. The lowest BCUT2D eigenvalue weighted by molar-refractivity contribution is -0.143. The van der Waals surface area contributed by atoms with E-state index in [0.717, 1.165) is 11.1 Å². The number of rotatable bonds is 5. The van der Waals surface area contributed by atoms with Gasteiger partial charge in [0.15, 0.2) is 0 Å². The quantitative estimate of drug-likeness (QED) is 0.300. The zero-order chi connectivity index (χ0) is 20.7. The van der Waals surface area contributed by atoms with Gasteiger partial charge in [-0.15, -0.1) is 0 Å². The first-order valence-electron chi connectivity index (χ1n) is 8.10. The molecule has 0 spiro atoms. The lowest BCUT2D eigenvalue weighted by Crippen LogP contribution is -2.13. The smallest absolute Gasteiger partial charge is 0.319 e. The molecule has 0 fully saturated rings. The van der Waals surface area contributed by atoms with Crippen LogP contribution in [0.5, 0.6) is 0 Å². The normalized spacial score (nSPS) is 11.6. The molecule has 2 aromatic rings. The van der Waals surface area contributed by atoms with E-state index in [0.29, 0.717) is 6.61 Å². The number of esters is 1. The van der Waals surface area contributed by atoms with E-state index >= 15 is 0 Å². The van der Waals surface area contributed by atoms with Crippen LogP contribution in [0.25, 0.3) is 0 Å². The van der Waals surface area contributed by atoms with Gasteiger partial charge in [0, 0.05) is 0 Å². The Balaban J connectivity index is 0.000000413. The predicted octanol–water partition coefficient (Wildman–Crippen LogP) is 5.38. The lowest BCUT2D eigenvalue weighted by atomic mass is 10.2. The number of carbonyl (C=O) groups is 2. The van der Waals surface area contributed by atoms with Crippen molar-refractivity contribution in [1.82, 2.24) is 0 Å². The molecular weight excluding hydrogens is 544 g/mol. The van der Waals surface area contributed by atoms with Crippen molar-refractivity contribution in [2.45, 2.75) is 36.7 Å². The third kappa shape index (κ3) is 14.7. The Morgan fingerprint density at radius 1 is 0.889 bits per heavy atom. The van der Waals surface area contributed by atoms with E-state index in [4.69, 9.17) is 9.84 Å². The number of hydrogen-bond acceptors (Lipinski definition) is 4. The minimum atomic E-state index is -0.240. The second-order valence-corrected chi connectivity index (χ2v) is 8.80. The summed E-state index contributed by atoms with van der Waals surface area (Å²) in [5.41, 5.74) is 1.97. The molecule has 0 heterocycles. The summed E-state index contributed by atoms with van der Waals surface area (Å²) in [5.74, 6) is -0.233. The van der Waals surface area contributed by atoms with Crippen LogP contribution in [0, 0.1) is 0 Å². The van der Waals surface area contributed by atoms with Gasteiger partial charge < -0.3 is 9.84 Å². The molecular formula is C20H23Br3O4. The van der Waals surface area contributed by atoms with Gasteiger partial charge in [-0.25, -0.2) is 0 Å². The van der Waals surface area contributed by atoms with Crippen molar-refractivity contribution in [2.75, 3.05) is 0 Å². The fourth-order valence-electron chi connectivity index (χ4n) is 1.43. The van der Waals surface area contributed by atoms with Crippen LogP contribution in [0.3, 0.4) is 0 Å². The number of ether oxygens (including phenoxy) is 1. The Morgan fingerprint density at radius 3 is 1.59 bits per heavy atom. The van der Waals surface area contributed by atoms with E-state index < -0.39 is 0 Å². The summed E-state index contributed by atoms with van der Waals surface area (Å²) >= 11 is 8.93. The average Bonchev–Trinajstić information content (AvgIpc) is 2.68. The van der Waals surface area contributed by atoms with E-state index in [-0.39, 0.29) is 26.9 Å². The molecule has 0 aliphatic carbocycles. The van der Waals surface area contributed by atoms with Gasteiger partial charge in [-0.1, -0.05) is 92.5 Å². The summed E-state index contributed by atoms with van der Waals surface area (Å²) in [6.45, 7) is 3.99. The van der Waals surface area contributed by atoms with Crippen LogP contribution < -0.4 is 0 Å². The molecule has 2 rings (SSSR count). The fraction of sp³-hybridized carbons (Fsp3) is 0.300. The summed E-state index contributed by atoms with van der Waals surface area (Å²) in [6, 6.07) is 19.1. The first-order chi connectivity index (χ1) is 12.8. The third-order valence-electron chi connectivity index (χ3n) is 2.89. The number of alkyl halides is 2. The van der Waals surface area contributed by atoms with Crippen molar-refractivity contribution in [3.05, 3.63) is 71.8 Å². The van der Waals surface area contributed by atoms with Crippen LogP contribution in [0.15, 0.2) is 60.7 Å². The summed E-state index contributed by atoms with van der Waals surface area (Å²) in [6.07, 6.45) is 0. The van der Waals surface area contributed by atoms with Gasteiger partial charge in [-0.3, -0.25) is 9.59 Å². The number of hydrogen-bond donors (Lipinski definition) is 1. The van der Waals surface area contributed by atoms with Crippen molar-refractivity contribution in [2.24, 2.45) is 0 Å². The van der Waals surface area contributed by atoms with Gasteiger partial charge in [0.05, 0.1) is 11.4 Å². The maximum absolute atomic E-state index is 11.0. The Hall–Kier alpha value is -1.02. The highest BCUT2D eigenvalue weighted by Crippen LogP contribution is 2.05. The molecule has 2 atom stereocenters. The highest BCUT2D eigenvalue weighted by Gasteiger charge is 2.09. The fourth-order valence-corrected chi connectivity index (χ4v) is 1.56. The van der Waals surface area contributed by atoms with Gasteiger partial charge in [-0.2, -0.15) is 0 Å². The molecule has 148 valence electrons. The largest absolute Gasteiger partial charge is 0.460 e. The highest BCUT2D eigenvalue weighted by molar-refractivity contribution is 9.20. The molecule has 0 amide bonds.